The fourth-order valence-corrected chi connectivity index (χ4v) is 2.48. The second kappa shape index (κ2) is 6.56. The van der Waals surface area contributed by atoms with Crippen molar-refractivity contribution in [1.82, 2.24) is 15.1 Å². The summed E-state index contributed by atoms with van der Waals surface area (Å²) >= 11 is 1.83. The van der Waals surface area contributed by atoms with E-state index in [0.29, 0.717) is 6.61 Å². The Morgan fingerprint density at radius 2 is 2.33 bits per heavy atom. The zero-order valence-corrected chi connectivity index (χ0v) is 11.7. The van der Waals surface area contributed by atoms with E-state index in [2.05, 4.69) is 36.4 Å². The summed E-state index contributed by atoms with van der Waals surface area (Å²) in [5.74, 6) is 0.839. The van der Waals surface area contributed by atoms with E-state index in [4.69, 9.17) is 4.74 Å². The third kappa shape index (κ3) is 3.85. The van der Waals surface area contributed by atoms with Crippen molar-refractivity contribution in [1.29, 1.82) is 0 Å². The summed E-state index contributed by atoms with van der Waals surface area (Å²) in [6.07, 6.45) is 3.68. The van der Waals surface area contributed by atoms with Crippen LogP contribution in [0.1, 0.15) is 16.7 Å². The first-order valence-corrected chi connectivity index (χ1v) is 7.01. The zero-order valence-electron chi connectivity index (χ0n) is 10.8. The van der Waals surface area contributed by atoms with Crippen LogP contribution in [-0.4, -0.2) is 22.9 Å². The van der Waals surface area contributed by atoms with Crippen molar-refractivity contribution in [3.05, 3.63) is 34.3 Å². The third-order valence-corrected chi connectivity index (χ3v) is 3.58. The number of aromatic nitrogens is 2. The van der Waals surface area contributed by atoms with Gasteiger partial charge in [-0.05, 0) is 26.0 Å². The van der Waals surface area contributed by atoms with Gasteiger partial charge in [0.05, 0.1) is 12.4 Å². The fourth-order valence-electron chi connectivity index (χ4n) is 1.62. The standard InChI is InChI=1S/C13H19N3OS/c1-3-16-10-12(8-15-16)17-7-6-14-9-13-5-4-11(2)18-13/h4-5,8,10,14H,3,6-7,9H2,1-2H3. The molecule has 0 atom stereocenters. The molecule has 18 heavy (non-hydrogen) atoms. The number of hydrogen-bond donors (Lipinski definition) is 1. The first-order chi connectivity index (χ1) is 8.78. The lowest BCUT2D eigenvalue weighted by Crippen LogP contribution is -2.19. The molecule has 0 aliphatic rings. The first-order valence-electron chi connectivity index (χ1n) is 6.19. The molecule has 0 aliphatic carbocycles. The zero-order chi connectivity index (χ0) is 12.8. The van der Waals surface area contributed by atoms with Gasteiger partial charge in [0.25, 0.3) is 0 Å². The third-order valence-electron chi connectivity index (χ3n) is 2.58. The van der Waals surface area contributed by atoms with Crippen molar-refractivity contribution in [3.8, 4) is 5.75 Å². The Balaban J connectivity index is 1.61. The van der Waals surface area contributed by atoms with Crippen LogP contribution in [0.5, 0.6) is 5.75 Å². The van der Waals surface area contributed by atoms with Gasteiger partial charge in [0.1, 0.15) is 6.61 Å². The molecule has 0 bridgehead atoms. The molecule has 2 aromatic heterocycles. The highest BCUT2D eigenvalue weighted by molar-refractivity contribution is 7.11. The number of ether oxygens (including phenoxy) is 1. The Morgan fingerprint density at radius 1 is 1.44 bits per heavy atom. The molecule has 5 heteroatoms. The molecule has 1 N–H and O–H groups in total. The Bertz CT molecular complexity index is 478. The monoisotopic (exact) mass is 265 g/mol. The van der Waals surface area contributed by atoms with Crippen LogP contribution in [0.2, 0.25) is 0 Å². The van der Waals surface area contributed by atoms with Gasteiger partial charge in [0.2, 0.25) is 0 Å². The maximum Gasteiger partial charge on any atom is 0.157 e. The summed E-state index contributed by atoms with van der Waals surface area (Å²) < 4.78 is 7.45. The largest absolute Gasteiger partial charge is 0.489 e. The van der Waals surface area contributed by atoms with Crippen molar-refractivity contribution >= 4 is 11.3 Å². The molecule has 0 aliphatic heterocycles. The summed E-state index contributed by atoms with van der Waals surface area (Å²) in [5.41, 5.74) is 0. The number of aryl methyl sites for hydroxylation is 2. The van der Waals surface area contributed by atoms with Crippen LogP contribution in [0.3, 0.4) is 0 Å². The van der Waals surface area contributed by atoms with E-state index in [1.54, 1.807) is 6.20 Å². The van der Waals surface area contributed by atoms with Crippen LogP contribution in [0, 0.1) is 6.92 Å². The highest BCUT2D eigenvalue weighted by atomic mass is 32.1. The lowest BCUT2D eigenvalue weighted by Gasteiger charge is -2.04. The van der Waals surface area contributed by atoms with Crippen molar-refractivity contribution in [2.75, 3.05) is 13.2 Å². The highest BCUT2D eigenvalue weighted by Gasteiger charge is 1.98. The quantitative estimate of drug-likeness (QED) is 0.782. The van der Waals surface area contributed by atoms with Gasteiger partial charge in [0.15, 0.2) is 5.75 Å². The molecule has 0 unspecified atom stereocenters. The Hall–Kier alpha value is -1.33. The molecule has 98 valence electrons. The molecule has 2 heterocycles. The maximum absolute atomic E-state index is 5.59. The molecule has 2 rings (SSSR count). The molecule has 0 aromatic carbocycles. The Morgan fingerprint density at radius 3 is 3.00 bits per heavy atom. The van der Waals surface area contributed by atoms with E-state index in [-0.39, 0.29) is 0 Å². The maximum atomic E-state index is 5.59. The fraction of sp³-hybridized carbons (Fsp3) is 0.462. The van der Waals surface area contributed by atoms with E-state index in [1.165, 1.54) is 9.75 Å². The van der Waals surface area contributed by atoms with Gasteiger partial charge in [-0.15, -0.1) is 11.3 Å². The molecule has 2 aromatic rings. The molecular weight excluding hydrogens is 246 g/mol. The lowest BCUT2D eigenvalue weighted by molar-refractivity contribution is 0.313. The van der Waals surface area contributed by atoms with Crippen molar-refractivity contribution in [2.24, 2.45) is 0 Å². The smallest absolute Gasteiger partial charge is 0.157 e. The number of rotatable bonds is 7. The molecule has 0 fully saturated rings. The lowest BCUT2D eigenvalue weighted by atomic mass is 10.4. The topological polar surface area (TPSA) is 39.1 Å². The molecule has 0 radical (unpaired) electrons. The molecular formula is C13H19N3OS. The van der Waals surface area contributed by atoms with Gasteiger partial charge in [0, 0.05) is 29.4 Å². The molecule has 0 saturated heterocycles. The van der Waals surface area contributed by atoms with Crippen LogP contribution in [0.4, 0.5) is 0 Å². The molecule has 0 spiro atoms. The van der Waals surface area contributed by atoms with Gasteiger partial charge in [-0.3, -0.25) is 4.68 Å². The first kappa shape index (κ1) is 13.1. The van der Waals surface area contributed by atoms with Crippen LogP contribution < -0.4 is 10.1 Å². The number of nitrogens with zero attached hydrogens (tertiary/aromatic N) is 2. The Kier molecular flexibility index (Phi) is 4.78. The van der Waals surface area contributed by atoms with E-state index in [9.17, 15) is 0 Å². The summed E-state index contributed by atoms with van der Waals surface area (Å²) in [4.78, 5) is 2.72. The minimum atomic E-state index is 0.666. The minimum absolute atomic E-state index is 0.666. The normalized spacial score (nSPS) is 10.8. The van der Waals surface area contributed by atoms with Gasteiger partial charge >= 0.3 is 0 Å². The van der Waals surface area contributed by atoms with E-state index in [0.717, 1.165) is 25.4 Å². The van der Waals surface area contributed by atoms with Crippen molar-refractivity contribution < 1.29 is 4.74 Å². The van der Waals surface area contributed by atoms with Gasteiger partial charge < -0.3 is 10.1 Å². The van der Waals surface area contributed by atoms with Crippen molar-refractivity contribution in [3.63, 3.8) is 0 Å². The van der Waals surface area contributed by atoms with Crippen LogP contribution in [-0.2, 0) is 13.1 Å². The summed E-state index contributed by atoms with van der Waals surface area (Å²) in [6.45, 7) is 7.48. The predicted molar refractivity (Wildman–Crippen MR) is 74.2 cm³/mol. The van der Waals surface area contributed by atoms with E-state index >= 15 is 0 Å². The van der Waals surface area contributed by atoms with Crippen LogP contribution in [0.25, 0.3) is 0 Å². The van der Waals surface area contributed by atoms with E-state index in [1.807, 2.05) is 22.2 Å². The molecule has 0 saturated carbocycles. The number of hydrogen-bond acceptors (Lipinski definition) is 4. The average Bonchev–Trinajstić information content (AvgIpc) is 2.98. The Labute approximate surface area is 112 Å². The molecule has 0 amide bonds. The van der Waals surface area contributed by atoms with Crippen LogP contribution in [0.15, 0.2) is 24.5 Å². The van der Waals surface area contributed by atoms with Crippen LogP contribution >= 0.6 is 11.3 Å². The number of nitrogens with one attached hydrogen (secondary N) is 1. The SMILES string of the molecule is CCn1cc(OCCNCc2ccc(C)s2)cn1. The highest BCUT2D eigenvalue weighted by Crippen LogP contribution is 2.14. The van der Waals surface area contributed by atoms with Gasteiger partial charge in [-0.1, -0.05) is 0 Å². The average molecular weight is 265 g/mol. The molecule has 4 nitrogen and oxygen atoms in total. The van der Waals surface area contributed by atoms with E-state index < -0.39 is 0 Å². The minimum Gasteiger partial charge on any atom is -0.489 e. The summed E-state index contributed by atoms with van der Waals surface area (Å²) in [7, 11) is 0. The van der Waals surface area contributed by atoms with Gasteiger partial charge in [-0.25, -0.2) is 0 Å². The second-order valence-corrected chi connectivity index (χ2v) is 5.44. The predicted octanol–water partition coefficient (Wildman–Crippen LogP) is 2.44. The second-order valence-electron chi connectivity index (χ2n) is 4.07. The van der Waals surface area contributed by atoms with Crippen molar-refractivity contribution in [2.45, 2.75) is 26.9 Å². The van der Waals surface area contributed by atoms with Gasteiger partial charge in [-0.2, -0.15) is 5.10 Å². The summed E-state index contributed by atoms with van der Waals surface area (Å²) in [6, 6.07) is 4.32. The summed E-state index contributed by atoms with van der Waals surface area (Å²) in [5, 5.41) is 7.52. The number of thiophene rings is 1.